The Morgan fingerprint density at radius 2 is 2.12 bits per heavy atom. The van der Waals surface area contributed by atoms with Crippen molar-refractivity contribution in [1.29, 1.82) is 0 Å². The number of sulfonamides is 1. The molecule has 5 nitrogen and oxygen atoms in total. The first-order valence-electron chi connectivity index (χ1n) is 8.69. The van der Waals surface area contributed by atoms with E-state index in [0.29, 0.717) is 19.0 Å². The van der Waals surface area contributed by atoms with Crippen molar-refractivity contribution < 1.29 is 13.2 Å². The highest BCUT2D eigenvalue weighted by Gasteiger charge is 2.48. The molecule has 0 aromatic carbocycles. The molecule has 0 amide bonds. The Balaban J connectivity index is 1.68. The highest BCUT2D eigenvalue weighted by atomic mass is 32.2. The first kappa shape index (κ1) is 18.3. The van der Waals surface area contributed by atoms with E-state index in [2.05, 4.69) is 21.7 Å². The minimum Gasteiger partial charge on any atom is -0.384 e. The second-order valence-corrected chi connectivity index (χ2v) is 10.2. The molecule has 2 aliphatic heterocycles. The van der Waals surface area contributed by atoms with Crippen molar-refractivity contribution >= 4 is 21.4 Å². The zero-order valence-electron chi connectivity index (χ0n) is 14.6. The molecule has 1 atom stereocenters. The van der Waals surface area contributed by atoms with Gasteiger partial charge < -0.3 is 4.74 Å². The molecule has 1 unspecified atom stereocenters. The van der Waals surface area contributed by atoms with Crippen LogP contribution in [-0.4, -0.2) is 63.3 Å². The van der Waals surface area contributed by atoms with Gasteiger partial charge in [0.25, 0.3) is 0 Å². The van der Waals surface area contributed by atoms with Gasteiger partial charge in [0.15, 0.2) is 0 Å². The first-order chi connectivity index (χ1) is 11.5. The molecule has 3 heterocycles. The van der Waals surface area contributed by atoms with Crippen LogP contribution in [0.4, 0.5) is 0 Å². The number of ether oxygens (including phenoxy) is 1. The van der Waals surface area contributed by atoms with Gasteiger partial charge in [-0.15, -0.1) is 0 Å². The molecule has 1 aromatic rings. The summed E-state index contributed by atoms with van der Waals surface area (Å²) in [5.74, 6) is 0.693. The summed E-state index contributed by atoms with van der Waals surface area (Å²) in [6, 6.07) is 2.19. The summed E-state index contributed by atoms with van der Waals surface area (Å²) in [4.78, 5) is 2.52. The smallest absolute Gasteiger partial charge is 0.213 e. The Kier molecular flexibility index (Phi) is 5.66. The van der Waals surface area contributed by atoms with Gasteiger partial charge >= 0.3 is 0 Å². The van der Waals surface area contributed by atoms with E-state index in [-0.39, 0.29) is 11.2 Å². The predicted molar refractivity (Wildman–Crippen MR) is 97.7 cm³/mol. The number of piperidine rings is 1. The van der Waals surface area contributed by atoms with Crippen LogP contribution < -0.4 is 0 Å². The fourth-order valence-corrected chi connectivity index (χ4v) is 6.06. The number of methoxy groups -OCH3 is 1. The fraction of sp³-hybridized carbons (Fsp3) is 0.765. The van der Waals surface area contributed by atoms with Crippen LogP contribution in [0.1, 0.15) is 25.3 Å². The van der Waals surface area contributed by atoms with Crippen molar-refractivity contribution in [3.63, 3.8) is 0 Å². The quantitative estimate of drug-likeness (QED) is 0.769. The lowest BCUT2D eigenvalue weighted by atomic mass is 9.71. The van der Waals surface area contributed by atoms with Gasteiger partial charge in [0.05, 0.1) is 12.4 Å². The summed E-state index contributed by atoms with van der Waals surface area (Å²) in [5, 5.41) is 4.34. The van der Waals surface area contributed by atoms with E-state index in [1.165, 1.54) is 5.56 Å². The average molecular weight is 373 g/mol. The molecule has 1 aromatic heterocycles. The van der Waals surface area contributed by atoms with Crippen LogP contribution in [0.25, 0.3) is 0 Å². The minimum absolute atomic E-state index is 0.200. The van der Waals surface area contributed by atoms with Crippen LogP contribution >= 0.6 is 11.3 Å². The summed E-state index contributed by atoms with van der Waals surface area (Å²) in [6.45, 7) is 6.89. The average Bonchev–Trinajstić information content (AvgIpc) is 3.18. The van der Waals surface area contributed by atoms with E-state index in [1.54, 1.807) is 29.7 Å². The van der Waals surface area contributed by atoms with Crippen molar-refractivity contribution in [2.24, 2.45) is 11.3 Å². The summed E-state index contributed by atoms with van der Waals surface area (Å²) in [5.41, 5.74) is 1.57. The highest BCUT2D eigenvalue weighted by Crippen LogP contribution is 2.45. The molecule has 7 heteroatoms. The van der Waals surface area contributed by atoms with E-state index in [9.17, 15) is 8.42 Å². The zero-order chi connectivity index (χ0) is 17.2. The summed E-state index contributed by atoms with van der Waals surface area (Å²) >= 11 is 1.74. The molecule has 0 bridgehead atoms. The third-order valence-corrected chi connectivity index (χ3v) is 8.33. The van der Waals surface area contributed by atoms with Crippen LogP contribution in [0.5, 0.6) is 0 Å². The lowest BCUT2D eigenvalue weighted by molar-refractivity contribution is 0.0568. The van der Waals surface area contributed by atoms with Crippen molar-refractivity contribution in [3.05, 3.63) is 22.4 Å². The maximum Gasteiger partial charge on any atom is 0.213 e. The van der Waals surface area contributed by atoms with E-state index >= 15 is 0 Å². The Labute approximate surface area is 149 Å². The van der Waals surface area contributed by atoms with Gasteiger partial charge in [0.2, 0.25) is 10.0 Å². The van der Waals surface area contributed by atoms with Crippen molar-refractivity contribution in [1.82, 2.24) is 9.21 Å². The Bertz CT molecular complexity index is 622. The van der Waals surface area contributed by atoms with Crippen molar-refractivity contribution in [3.8, 4) is 0 Å². The Hall–Kier alpha value is -0.470. The lowest BCUT2D eigenvalue weighted by Gasteiger charge is -2.42. The second kappa shape index (κ2) is 7.41. The molecule has 0 aliphatic carbocycles. The fourth-order valence-electron chi connectivity index (χ4n) is 4.29. The van der Waals surface area contributed by atoms with E-state index in [1.807, 2.05) is 0 Å². The molecule has 0 saturated carbocycles. The number of thiophene rings is 1. The van der Waals surface area contributed by atoms with Gasteiger partial charge in [0, 0.05) is 45.8 Å². The molecule has 2 fully saturated rings. The third kappa shape index (κ3) is 3.70. The largest absolute Gasteiger partial charge is 0.384 e. The van der Waals surface area contributed by atoms with Crippen LogP contribution in [0.2, 0.25) is 0 Å². The van der Waals surface area contributed by atoms with Crippen LogP contribution in [0.15, 0.2) is 16.8 Å². The molecule has 136 valence electrons. The molecule has 24 heavy (non-hydrogen) atoms. The topological polar surface area (TPSA) is 49.9 Å². The zero-order valence-corrected chi connectivity index (χ0v) is 16.2. The number of hydrogen-bond donors (Lipinski definition) is 0. The summed E-state index contributed by atoms with van der Waals surface area (Å²) in [6.07, 6.45) is 1.89. The van der Waals surface area contributed by atoms with Crippen molar-refractivity contribution in [2.45, 2.75) is 26.3 Å². The van der Waals surface area contributed by atoms with Gasteiger partial charge in [-0.2, -0.15) is 11.3 Å². The van der Waals surface area contributed by atoms with Gasteiger partial charge in [-0.05, 0) is 47.6 Å². The molecule has 0 radical (unpaired) electrons. The Morgan fingerprint density at radius 3 is 2.71 bits per heavy atom. The number of rotatable bonds is 6. The first-order valence-corrected chi connectivity index (χ1v) is 11.2. The summed E-state index contributed by atoms with van der Waals surface area (Å²) in [7, 11) is -1.29. The number of nitrogens with zero attached hydrogens (tertiary/aromatic N) is 2. The maximum absolute atomic E-state index is 12.1. The SMILES string of the molecule is CCS(=O)(=O)N1CCC2(CC1)CN(Cc1ccsc1)CC2COC. The lowest BCUT2D eigenvalue weighted by Crippen LogP contribution is -2.47. The number of likely N-dealkylation sites (tertiary alicyclic amines) is 1. The van der Waals surface area contributed by atoms with Gasteiger partial charge in [-0.3, -0.25) is 4.90 Å². The summed E-state index contributed by atoms with van der Waals surface area (Å²) < 4.78 is 31.4. The van der Waals surface area contributed by atoms with Gasteiger partial charge in [-0.1, -0.05) is 0 Å². The molecule has 3 rings (SSSR count). The normalized spacial score (nSPS) is 25.5. The molecule has 2 saturated heterocycles. The van der Waals surface area contributed by atoms with E-state index in [4.69, 9.17) is 4.74 Å². The monoisotopic (exact) mass is 372 g/mol. The van der Waals surface area contributed by atoms with Crippen molar-refractivity contribution in [2.75, 3.05) is 45.6 Å². The maximum atomic E-state index is 12.1. The van der Waals surface area contributed by atoms with E-state index in [0.717, 1.165) is 39.1 Å². The van der Waals surface area contributed by atoms with Gasteiger partial charge in [-0.25, -0.2) is 12.7 Å². The molecule has 0 N–H and O–H groups in total. The molecule has 2 aliphatic rings. The third-order valence-electron chi connectivity index (χ3n) is 5.71. The molecule has 1 spiro atoms. The molecular formula is C17H28N2O3S2. The van der Waals surface area contributed by atoms with Crippen LogP contribution in [0, 0.1) is 11.3 Å². The van der Waals surface area contributed by atoms with E-state index < -0.39 is 10.0 Å². The van der Waals surface area contributed by atoms with Gasteiger partial charge in [0.1, 0.15) is 0 Å². The Morgan fingerprint density at radius 1 is 1.38 bits per heavy atom. The highest BCUT2D eigenvalue weighted by molar-refractivity contribution is 7.89. The van der Waals surface area contributed by atoms with Crippen LogP contribution in [-0.2, 0) is 21.3 Å². The minimum atomic E-state index is -3.06. The van der Waals surface area contributed by atoms with Crippen LogP contribution in [0.3, 0.4) is 0 Å². The second-order valence-electron chi connectivity index (χ2n) is 7.12. The standard InChI is InChI=1S/C17H28N2O3S2/c1-3-24(20,21)19-7-5-17(6-8-19)14-18(11-16(17)12-22-2)10-15-4-9-23-13-15/h4,9,13,16H,3,5-8,10-12,14H2,1-2H3. The predicted octanol–water partition coefficient (Wildman–Crippen LogP) is 2.26. The molecular weight excluding hydrogens is 344 g/mol. The number of hydrogen-bond acceptors (Lipinski definition) is 5.